The number of nitrogens with two attached hydrogens (primary N) is 1. The standard InChI is InChI=1S/C11H11F5N2O2/c12-6-1-2-7(17)8(3-6)18-9(19)4-20-5-11(15,16)10(13)14/h1-3,10H,4-5,17H2,(H,18,19). The molecule has 0 aliphatic carbocycles. The summed E-state index contributed by atoms with van der Waals surface area (Å²) >= 11 is 0. The van der Waals surface area contributed by atoms with E-state index in [1.165, 1.54) is 6.07 Å². The molecule has 3 N–H and O–H groups in total. The van der Waals surface area contributed by atoms with Crippen LogP contribution < -0.4 is 11.1 Å². The lowest BCUT2D eigenvalue weighted by Gasteiger charge is -2.15. The predicted molar refractivity (Wildman–Crippen MR) is 61.2 cm³/mol. The van der Waals surface area contributed by atoms with Crippen LogP contribution in [0.25, 0.3) is 0 Å². The van der Waals surface area contributed by atoms with Gasteiger partial charge in [0.15, 0.2) is 0 Å². The highest BCUT2D eigenvalue weighted by Crippen LogP contribution is 2.23. The Morgan fingerprint density at radius 1 is 1.40 bits per heavy atom. The lowest BCUT2D eigenvalue weighted by Crippen LogP contribution is -2.34. The summed E-state index contributed by atoms with van der Waals surface area (Å²) in [4.78, 5) is 11.3. The molecule has 1 amide bonds. The number of hydrogen-bond acceptors (Lipinski definition) is 3. The monoisotopic (exact) mass is 298 g/mol. The summed E-state index contributed by atoms with van der Waals surface area (Å²) in [5.74, 6) is -5.93. The minimum atomic E-state index is -4.34. The van der Waals surface area contributed by atoms with E-state index in [-0.39, 0.29) is 11.4 Å². The van der Waals surface area contributed by atoms with Gasteiger partial charge in [-0.2, -0.15) is 8.78 Å². The quantitative estimate of drug-likeness (QED) is 0.625. The Balaban J connectivity index is 2.47. The molecular formula is C11H11F5N2O2. The summed E-state index contributed by atoms with van der Waals surface area (Å²) in [5, 5.41) is 2.11. The molecule has 9 heteroatoms. The molecule has 1 rings (SSSR count). The lowest BCUT2D eigenvalue weighted by molar-refractivity contribution is -0.167. The van der Waals surface area contributed by atoms with Crippen LogP contribution >= 0.6 is 0 Å². The predicted octanol–water partition coefficient (Wildman–Crippen LogP) is 2.26. The first-order valence-corrected chi connectivity index (χ1v) is 5.31. The molecule has 0 atom stereocenters. The summed E-state index contributed by atoms with van der Waals surface area (Å²) in [7, 11) is 0. The average molecular weight is 298 g/mol. The Kier molecular flexibility index (Phi) is 5.26. The molecule has 0 radical (unpaired) electrons. The fourth-order valence-electron chi connectivity index (χ4n) is 1.17. The normalized spacial score (nSPS) is 11.7. The van der Waals surface area contributed by atoms with Crippen molar-refractivity contribution in [3.8, 4) is 0 Å². The van der Waals surface area contributed by atoms with Gasteiger partial charge in [0.25, 0.3) is 0 Å². The van der Waals surface area contributed by atoms with Gasteiger partial charge in [0.05, 0.1) is 11.4 Å². The molecule has 0 aliphatic heterocycles. The molecule has 0 bridgehead atoms. The number of alkyl halides is 4. The highest BCUT2D eigenvalue weighted by Gasteiger charge is 2.41. The zero-order valence-corrected chi connectivity index (χ0v) is 10.0. The number of benzene rings is 1. The molecule has 0 heterocycles. The van der Waals surface area contributed by atoms with Gasteiger partial charge in [-0.15, -0.1) is 0 Å². The van der Waals surface area contributed by atoms with Gasteiger partial charge in [-0.05, 0) is 18.2 Å². The largest absolute Gasteiger partial charge is 0.397 e. The highest BCUT2D eigenvalue weighted by atomic mass is 19.3. The van der Waals surface area contributed by atoms with Crippen LogP contribution in [0.2, 0.25) is 0 Å². The molecule has 0 unspecified atom stereocenters. The van der Waals surface area contributed by atoms with Crippen LogP contribution in [0.5, 0.6) is 0 Å². The number of hydrogen-bond donors (Lipinski definition) is 2. The molecule has 4 nitrogen and oxygen atoms in total. The number of anilines is 2. The fraction of sp³-hybridized carbons (Fsp3) is 0.364. The lowest BCUT2D eigenvalue weighted by atomic mass is 10.2. The van der Waals surface area contributed by atoms with Crippen molar-refractivity contribution in [2.45, 2.75) is 12.3 Å². The van der Waals surface area contributed by atoms with Gasteiger partial charge in [0.2, 0.25) is 5.91 Å². The molecule has 0 aromatic heterocycles. The number of carbonyl (C=O) groups is 1. The van der Waals surface area contributed by atoms with Crippen molar-refractivity contribution in [3.63, 3.8) is 0 Å². The second kappa shape index (κ2) is 6.51. The number of amides is 1. The molecular weight excluding hydrogens is 287 g/mol. The maximum atomic E-state index is 12.9. The Morgan fingerprint density at radius 3 is 2.65 bits per heavy atom. The van der Waals surface area contributed by atoms with E-state index >= 15 is 0 Å². The molecule has 0 aliphatic rings. The molecule has 1 aromatic carbocycles. The third-order valence-corrected chi connectivity index (χ3v) is 2.14. The Labute approximate surface area is 110 Å². The van der Waals surface area contributed by atoms with Gasteiger partial charge in [-0.3, -0.25) is 4.79 Å². The summed E-state index contributed by atoms with van der Waals surface area (Å²) < 4.78 is 65.6. The van der Waals surface area contributed by atoms with Crippen molar-refractivity contribution in [1.82, 2.24) is 0 Å². The van der Waals surface area contributed by atoms with E-state index in [1.807, 2.05) is 0 Å². The van der Waals surface area contributed by atoms with Crippen LogP contribution in [0.15, 0.2) is 18.2 Å². The third kappa shape index (κ3) is 4.65. The zero-order chi connectivity index (χ0) is 15.3. The van der Waals surface area contributed by atoms with Crippen LogP contribution in [0.4, 0.5) is 33.3 Å². The van der Waals surface area contributed by atoms with Crippen LogP contribution in [-0.4, -0.2) is 31.5 Å². The first-order valence-electron chi connectivity index (χ1n) is 5.31. The zero-order valence-electron chi connectivity index (χ0n) is 10.0. The van der Waals surface area contributed by atoms with Gasteiger partial charge in [0.1, 0.15) is 19.0 Å². The van der Waals surface area contributed by atoms with Crippen molar-refractivity contribution in [2.24, 2.45) is 0 Å². The van der Waals surface area contributed by atoms with Crippen molar-refractivity contribution in [3.05, 3.63) is 24.0 Å². The Bertz CT molecular complexity index is 482. The highest BCUT2D eigenvalue weighted by molar-refractivity contribution is 5.94. The SMILES string of the molecule is Nc1ccc(F)cc1NC(=O)COCC(F)(F)C(F)F. The average Bonchev–Trinajstić information content (AvgIpc) is 2.33. The minimum Gasteiger partial charge on any atom is -0.397 e. The van der Waals surface area contributed by atoms with Gasteiger partial charge >= 0.3 is 12.3 Å². The van der Waals surface area contributed by atoms with E-state index in [1.54, 1.807) is 0 Å². The molecule has 0 saturated heterocycles. The molecule has 0 saturated carbocycles. The fourth-order valence-corrected chi connectivity index (χ4v) is 1.17. The number of ether oxygens (including phenoxy) is 1. The minimum absolute atomic E-state index is 0.0534. The Morgan fingerprint density at radius 2 is 2.05 bits per heavy atom. The summed E-state index contributed by atoms with van der Waals surface area (Å²) in [5.41, 5.74) is 5.42. The maximum absolute atomic E-state index is 12.9. The van der Waals surface area contributed by atoms with E-state index in [9.17, 15) is 26.7 Å². The van der Waals surface area contributed by atoms with Gasteiger partial charge in [-0.1, -0.05) is 0 Å². The first kappa shape index (κ1) is 16.2. The van der Waals surface area contributed by atoms with E-state index in [2.05, 4.69) is 10.1 Å². The summed E-state index contributed by atoms with van der Waals surface area (Å²) in [6, 6.07) is 3.17. The first-order chi connectivity index (χ1) is 9.22. The Hall–Kier alpha value is -1.90. The number of halogens is 5. The van der Waals surface area contributed by atoms with Crippen LogP contribution in [0.3, 0.4) is 0 Å². The molecule has 1 aromatic rings. The van der Waals surface area contributed by atoms with Gasteiger partial charge < -0.3 is 15.8 Å². The summed E-state index contributed by atoms with van der Waals surface area (Å²) in [6.45, 7) is -2.49. The van der Waals surface area contributed by atoms with Crippen LogP contribution in [0.1, 0.15) is 0 Å². The second-order valence-corrected chi connectivity index (χ2v) is 3.83. The van der Waals surface area contributed by atoms with Gasteiger partial charge in [-0.25, -0.2) is 13.2 Å². The second-order valence-electron chi connectivity index (χ2n) is 3.83. The van der Waals surface area contributed by atoms with E-state index in [0.717, 1.165) is 12.1 Å². The maximum Gasteiger partial charge on any atom is 0.330 e. The topological polar surface area (TPSA) is 64.3 Å². The molecule has 0 spiro atoms. The number of carbonyl (C=O) groups excluding carboxylic acids is 1. The van der Waals surface area contributed by atoms with Gasteiger partial charge in [0, 0.05) is 0 Å². The molecule has 0 fully saturated rings. The summed E-state index contributed by atoms with van der Waals surface area (Å²) in [6.07, 6.45) is -3.88. The third-order valence-electron chi connectivity index (χ3n) is 2.14. The number of rotatable bonds is 6. The van der Waals surface area contributed by atoms with Crippen molar-refractivity contribution in [1.29, 1.82) is 0 Å². The van der Waals surface area contributed by atoms with Crippen molar-refractivity contribution in [2.75, 3.05) is 24.3 Å². The van der Waals surface area contributed by atoms with Crippen LogP contribution in [0, 0.1) is 5.82 Å². The smallest absolute Gasteiger partial charge is 0.330 e. The molecule has 112 valence electrons. The van der Waals surface area contributed by atoms with Crippen molar-refractivity contribution < 1.29 is 31.5 Å². The van der Waals surface area contributed by atoms with Crippen LogP contribution in [-0.2, 0) is 9.53 Å². The number of nitrogen functional groups attached to an aromatic ring is 1. The van der Waals surface area contributed by atoms with E-state index in [0.29, 0.717) is 0 Å². The van der Waals surface area contributed by atoms with E-state index < -0.39 is 37.3 Å². The number of nitrogens with one attached hydrogen (secondary N) is 1. The molecule has 20 heavy (non-hydrogen) atoms. The van der Waals surface area contributed by atoms with Crippen molar-refractivity contribution >= 4 is 17.3 Å². The van der Waals surface area contributed by atoms with E-state index in [4.69, 9.17) is 5.73 Å².